The number of carbonyl (C=O) groups is 3. The van der Waals surface area contributed by atoms with Gasteiger partial charge in [-0.05, 0) is 25.7 Å². The van der Waals surface area contributed by atoms with Crippen LogP contribution < -0.4 is 0 Å². The maximum atomic E-state index is 14.0. The van der Waals surface area contributed by atoms with E-state index in [1.165, 1.54) is 4.90 Å². The molecule has 8 nitrogen and oxygen atoms in total. The smallest absolute Gasteiger partial charge is 0.312 e. The van der Waals surface area contributed by atoms with Gasteiger partial charge in [-0.2, -0.15) is 0 Å². The van der Waals surface area contributed by atoms with Crippen molar-refractivity contribution in [3.8, 4) is 0 Å². The standard InChI is InChI=1S/C25H37BrN2O6/c1-5-9-12-27(11-7-3)23(31)21-25-14-17(26)20(34-25)18(24(32)33-13-10-6-2)19(25)22(30)28(21)16(8-4)15-29/h6-7,16-21,29H,2-3,5,8-15H2,1,4H3/t16-,17?,18+,19-,20+,21?,25?/m0/s1. The molecule has 34 heavy (non-hydrogen) atoms. The van der Waals surface area contributed by atoms with Gasteiger partial charge in [0.2, 0.25) is 11.8 Å². The number of amides is 2. The first-order chi connectivity index (χ1) is 16.3. The number of ether oxygens (including phenoxy) is 2. The van der Waals surface area contributed by atoms with E-state index < -0.39 is 41.6 Å². The Balaban J connectivity index is 2.04. The van der Waals surface area contributed by atoms with E-state index in [1.807, 2.05) is 6.92 Å². The second-order valence-electron chi connectivity index (χ2n) is 9.33. The number of hydrogen-bond donors (Lipinski definition) is 1. The molecule has 3 unspecified atom stereocenters. The van der Waals surface area contributed by atoms with Crippen LogP contribution in [-0.4, -0.2) is 87.6 Å². The third kappa shape index (κ3) is 4.46. The Labute approximate surface area is 210 Å². The van der Waals surface area contributed by atoms with Gasteiger partial charge in [0.25, 0.3) is 0 Å². The highest BCUT2D eigenvalue weighted by atomic mass is 79.9. The number of aliphatic hydroxyl groups excluding tert-OH is 1. The first-order valence-corrected chi connectivity index (χ1v) is 13.2. The van der Waals surface area contributed by atoms with E-state index in [0.29, 0.717) is 32.4 Å². The highest BCUT2D eigenvalue weighted by molar-refractivity contribution is 9.09. The zero-order chi connectivity index (χ0) is 25.0. The van der Waals surface area contributed by atoms with Crippen LogP contribution in [0.1, 0.15) is 46.0 Å². The van der Waals surface area contributed by atoms with E-state index in [9.17, 15) is 19.5 Å². The van der Waals surface area contributed by atoms with E-state index in [1.54, 1.807) is 17.1 Å². The van der Waals surface area contributed by atoms with Gasteiger partial charge in [-0.25, -0.2) is 0 Å². The number of nitrogens with zero attached hydrogens (tertiary/aromatic N) is 2. The lowest BCUT2D eigenvalue weighted by molar-refractivity contribution is -0.156. The number of hydrogen-bond acceptors (Lipinski definition) is 6. The lowest BCUT2D eigenvalue weighted by Crippen LogP contribution is -2.59. The van der Waals surface area contributed by atoms with Crippen molar-refractivity contribution in [2.24, 2.45) is 11.8 Å². The molecule has 1 N–H and O–H groups in total. The highest BCUT2D eigenvalue weighted by Gasteiger charge is 2.77. The molecule has 9 heteroatoms. The number of aliphatic hydroxyl groups is 1. The Kier molecular flexibility index (Phi) is 8.98. The van der Waals surface area contributed by atoms with E-state index in [0.717, 1.165) is 12.8 Å². The van der Waals surface area contributed by atoms with Gasteiger partial charge < -0.3 is 24.4 Å². The molecule has 0 aliphatic carbocycles. The molecule has 0 aromatic heterocycles. The van der Waals surface area contributed by atoms with Gasteiger partial charge in [-0.1, -0.05) is 48.4 Å². The predicted molar refractivity (Wildman–Crippen MR) is 131 cm³/mol. The number of rotatable bonds is 13. The van der Waals surface area contributed by atoms with Crippen LogP contribution in [0.4, 0.5) is 0 Å². The Bertz CT molecular complexity index is 802. The summed E-state index contributed by atoms with van der Waals surface area (Å²) in [6.07, 6.45) is 5.92. The fourth-order valence-electron chi connectivity index (χ4n) is 5.73. The predicted octanol–water partition coefficient (Wildman–Crippen LogP) is 2.44. The quantitative estimate of drug-likeness (QED) is 0.167. The molecule has 2 amide bonds. The third-order valence-electron chi connectivity index (χ3n) is 7.32. The van der Waals surface area contributed by atoms with Gasteiger partial charge in [-0.3, -0.25) is 14.4 Å². The molecular weight excluding hydrogens is 504 g/mol. The summed E-state index contributed by atoms with van der Waals surface area (Å²) >= 11 is 3.65. The third-order valence-corrected chi connectivity index (χ3v) is 8.16. The molecule has 0 aromatic carbocycles. The molecule has 3 heterocycles. The molecule has 3 saturated heterocycles. The molecule has 3 fully saturated rings. The van der Waals surface area contributed by atoms with E-state index in [2.05, 4.69) is 36.0 Å². The monoisotopic (exact) mass is 540 g/mol. The average molecular weight is 541 g/mol. The molecule has 7 atom stereocenters. The number of alkyl halides is 1. The minimum Gasteiger partial charge on any atom is -0.465 e. The minimum atomic E-state index is -1.15. The average Bonchev–Trinajstić information content (AvgIpc) is 3.41. The lowest BCUT2D eigenvalue weighted by atomic mass is 9.70. The first kappa shape index (κ1) is 26.9. The van der Waals surface area contributed by atoms with Crippen molar-refractivity contribution in [3.05, 3.63) is 25.3 Å². The summed E-state index contributed by atoms with van der Waals surface area (Å²) in [5.41, 5.74) is -1.15. The van der Waals surface area contributed by atoms with Crippen LogP contribution in [0.2, 0.25) is 0 Å². The largest absolute Gasteiger partial charge is 0.465 e. The van der Waals surface area contributed by atoms with Crippen LogP contribution in [0.5, 0.6) is 0 Å². The number of likely N-dealkylation sites (tertiary alicyclic amines) is 1. The Morgan fingerprint density at radius 1 is 1.38 bits per heavy atom. The van der Waals surface area contributed by atoms with Gasteiger partial charge in [0.05, 0.1) is 37.2 Å². The normalized spacial score (nSPS) is 32.4. The van der Waals surface area contributed by atoms with E-state index >= 15 is 0 Å². The zero-order valence-corrected chi connectivity index (χ0v) is 21.7. The second-order valence-corrected chi connectivity index (χ2v) is 10.5. The minimum absolute atomic E-state index is 0.177. The van der Waals surface area contributed by atoms with E-state index in [4.69, 9.17) is 9.47 Å². The molecule has 0 radical (unpaired) electrons. The molecule has 0 aromatic rings. The summed E-state index contributed by atoms with van der Waals surface area (Å²) in [5, 5.41) is 10.1. The number of halogens is 1. The van der Waals surface area contributed by atoms with Gasteiger partial charge in [-0.15, -0.1) is 13.2 Å². The number of fused-ring (bicyclic) bond motifs is 1. The van der Waals surface area contributed by atoms with Crippen molar-refractivity contribution in [1.29, 1.82) is 0 Å². The Morgan fingerprint density at radius 3 is 2.71 bits per heavy atom. The summed E-state index contributed by atoms with van der Waals surface area (Å²) in [5.74, 6) is -2.67. The molecule has 3 aliphatic heterocycles. The van der Waals surface area contributed by atoms with Crippen molar-refractivity contribution in [2.45, 2.75) is 74.6 Å². The summed E-state index contributed by atoms with van der Waals surface area (Å²) in [4.78, 5) is 44.1. The van der Waals surface area contributed by atoms with Crippen LogP contribution in [0.15, 0.2) is 25.3 Å². The number of unbranched alkanes of at least 4 members (excludes halogenated alkanes) is 1. The zero-order valence-electron chi connectivity index (χ0n) is 20.2. The van der Waals surface area contributed by atoms with Crippen LogP contribution in [-0.2, 0) is 23.9 Å². The number of carbonyl (C=O) groups excluding carboxylic acids is 3. The molecule has 2 bridgehead atoms. The van der Waals surface area contributed by atoms with Crippen LogP contribution in [0.25, 0.3) is 0 Å². The SMILES string of the molecule is C=CCCOC(=O)[C@H]1[C@@H]2OC3(CC2Br)C(C(=O)N(CC=C)CCCC)N([C@@H](CC)CO)C(=O)[C@H]13. The Morgan fingerprint density at radius 2 is 2.12 bits per heavy atom. The Hall–Kier alpha value is -1.71. The first-order valence-electron chi connectivity index (χ1n) is 12.2. The molecule has 3 aliphatic rings. The fourth-order valence-corrected chi connectivity index (χ4v) is 6.67. The van der Waals surface area contributed by atoms with Crippen LogP contribution in [0, 0.1) is 11.8 Å². The summed E-state index contributed by atoms with van der Waals surface area (Å²) < 4.78 is 11.9. The topological polar surface area (TPSA) is 96.4 Å². The van der Waals surface area contributed by atoms with Crippen molar-refractivity contribution in [1.82, 2.24) is 9.80 Å². The second kappa shape index (κ2) is 11.4. The molecule has 1 spiro atoms. The molecule has 190 valence electrons. The highest BCUT2D eigenvalue weighted by Crippen LogP contribution is 2.60. The van der Waals surface area contributed by atoms with Crippen LogP contribution in [0.3, 0.4) is 0 Å². The maximum absolute atomic E-state index is 14.0. The van der Waals surface area contributed by atoms with Gasteiger partial charge in [0.1, 0.15) is 11.6 Å². The van der Waals surface area contributed by atoms with Crippen molar-refractivity contribution < 1.29 is 29.0 Å². The lowest BCUT2D eigenvalue weighted by Gasteiger charge is -2.39. The van der Waals surface area contributed by atoms with Crippen molar-refractivity contribution in [3.63, 3.8) is 0 Å². The molecular formula is C25H37BrN2O6. The molecule has 3 rings (SSSR count). The fraction of sp³-hybridized carbons (Fsp3) is 0.720. The summed E-state index contributed by atoms with van der Waals surface area (Å²) in [6.45, 7) is 12.1. The van der Waals surface area contributed by atoms with Crippen LogP contribution >= 0.6 is 15.9 Å². The molecule has 0 saturated carbocycles. The summed E-state index contributed by atoms with van der Waals surface area (Å²) in [7, 11) is 0. The number of esters is 1. The van der Waals surface area contributed by atoms with Crippen molar-refractivity contribution >= 4 is 33.7 Å². The van der Waals surface area contributed by atoms with Gasteiger partial charge in [0, 0.05) is 17.9 Å². The van der Waals surface area contributed by atoms with Crippen molar-refractivity contribution in [2.75, 3.05) is 26.3 Å². The van der Waals surface area contributed by atoms with Gasteiger partial charge >= 0.3 is 5.97 Å². The maximum Gasteiger partial charge on any atom is 0.312 e. The van der Waals surface area contributed by atoms with E-state index in [-0.39, 0.29) is 29.9 Å². The summed E-state index contributed by atoms with van der Waals surface area (Å²) in [6, 6.07) is -1.47. The van der Waals surface area contributed by atoms with Gasteiger partial charge in [0.15, 0.2) is 0 Å².